The minimum atomic E-state index is 0.662. The van der Waals surface area contributed by atoms with Gasteiger partial charge in [0.2, 0.25) is 0 Å². The highest BCUT2D eigenvalue weighted by molar-refractivity contribution is 9.10. The summed E-state index contributed by atoms with van der Waals surface area (Å²) in [5, 5.41) is 4.67. The Balaban J connectivity index is 1.75. The summed E-state index contributed by atoms with van der Waals surface area (Å²) in [6.45, 7) is 2.80. The standard InChI is InChI=1S/C22H19BrN4O/c1-2-12-28-18-8-5-15(6-9-18)21-19-13-17(23)7-10-20(19)25-22(27-26-21)16-4-3-11-24-14-16/h3-11,13-14H,2,12H2,1H3,(H,25,27). The zero-order chi connectivity index (χ0) is 19.3. The minimum Gasteiger partial charge on any atom is -0.494 e. The predicted molar refractivity (Wildman–Crippen MR) is 116 cm³/mol. The van der Waals surface area contributed by atoms with Crippen molar-refractivity contribution in [3.05, 3.63) is 88.2 Å². The van der Waals surface area contributed by atoms with Gasteiger partial charge in [-0.3, -0.25) is 10.4 Å². The number of aliphatic imine (C=N–C) groups is 1. The largest absolute Gasteiger partial charge is 0.494 e. The first kappa shape index (κ1) is 18.4. The molecule has 0 saturated heterocycles. The van der Waals surface area contributed by atoms with Crippen LogP contribution in [0.25, 0.3) is 0 Å². The number of hydrazone groups is 1. The molecule has 28 heavy (non-hydrogen) atoms. The second kappa shape index (κ2) is 8.35. The van der Waals surface area contributed by atoms with Crippen LogP contribution in [0, 0.1) is 0 Å². The molecular weight excluding hydrogens is 416 g/mol. The highest BCUT2D eigenvalue weighted by Crippen LogP contribution is 2.29. The third-order valence-electron chi connectivity index (χ3n) is 4.26. The fraction of sp³-hybridized carbons (Fsp3) is 0.136. The van der Waals surface area contributed by atoms with E-state index in [2.05, 4.69) is 38.4 Å². The molecule has 1 aliphatic heterocycles. The fourth-order valence-electron chi connectivity index (χ4n) is 2.89. The quantitative estimate of drug-likeness (QED) is 0.609. The summed E-state index contributed by atoms with van der Waals surface area (Å²) in [5.41, 5.74) is 7.59. The third kappa shape index (κ3) is 3.97. The number of hydrogen-bond donors (Lipinski definition) is 1. The van der Waals surface area contributed by atoms with Gasteiger partial charge in [-0.2, -0.15) is 5.10 Å². The van der Waals surface area contributed by atoms with Crippen molar-refractivity contribution in [1.29, 1.82) is 0 Å². The first-order valence-electron chi connectivity index (χ1n) is 9.10. The Hall–Kier alpha value is -2.99. The lowest BCUT2D eigenvalue weighted by atomic mass is 10.0. The predicted octanol–water partition coefficient (Wildman–Crippen LogP) is 5.07. The number of nitrogens with zero attached hydrogens (tertiary/aromatic N) is 3. The Labute approximate surface area is 172 Å². The van der Waals surface area contributed by atoms with Gasteiger partial charge in [0.15, 0.2) is 5.84 Å². The van der Waals surface area contributed by atoms with Crippen molar-refractivity contribution >= 4 is 33.2 Å². The van der Waals surface area contributed by atoms with Gasteiger partial charge in [-0.05, 0) is 61.0 Å². The molecule has 1 aromatic heterocycles. The van der Waals surface area contributed by atoms with E-state index in [4.69, 9.17) is 9.73 Å². The molecule has 3 aromatic rings. The number of halogens is 1. The van der Waals surface area contributed by atoms with Crippen molar-refractivity contribution in [1.82, 2.24) is 10.4 Å². The molecule has 4 rings (SSSR count). The van der Waals surface area contributed by atoms with E-state index in [1.54, 1.807) is 12.4 Å². The van der Waals surface area contributed by atoms with E-state index < -0.39 is 0 Å². The summed E-state index contributed by atoms with van der Waals surface area (Å²) in [4.78, 5) is 8.97. The molecule has 0 saturated carbocycles. The van der Waals surface area contributed by atoms with Gasteiger partial charge < -0.3 is 4.74 Å². The van der Waals surface area contributed by atoms with Gasteiger partial charge in [-0.1, -0.05) is 22.9 Å². The fourth-order valence-corrected chi connectivity index (χ4v) is 3.25. The third-order valence-corrected chi connectivity index (χ3v) is 4.75. The lowest BCUT2D eigenvalue weighted by Crippen LogP contribution is -2.19. The van der Waals surface area contributed by atoms with Crippen molar-refractivity contribution < 1.29 is 4.74 Å². The molecule has 0 atom stereocenters. The van der Waals surface area contributed by atoms with E-state index in [9.17, 15) is 0 Å². The molecule has 0 amide bonds. The van der Waals surface area contributed by atoms with Gasteiger partial charge >= 0.3 is 0 Å². The molecule has 6 heteroatoms. The number of ether oxygens (including phenoxy) is 1. The van der Waals surface area contributed by atoms with Crippen LogP contribution in [-0.4, -0.2) is 23.1 Å². The average molecular weight is 435 g/mol. The minimum absolute atomic E-state index is 0.662. The van der Waals surface area contributed by atoms with E-state index in [-0.39, 0.29) is 0 Å². The second-order valence-corrected chi connectivity index (χ2v) is 7.22. The summed E-state index contributed by atoms with van der Waals surface area (Å²) in [5.74, 6) is 1.52. The smallest absolute Gasteiger partial charge is 0.155 e. The Morgan fingerprint density at radius 3 is 2.64 bits per heavy atom. The number of pyridine rings is 1. The molecule has 0 bridgehead atoms. The zero-order valence-corrected chi connectivity index (χ0v) is 17.0. The number of aromatic nitrogens is 1. The van der Waals surface area contributed by atoms with Crippen LogP contribution in [0.5, 0.6) is 5.75 Å². The first-order valence-corrected chi connectivity index (χ1v) is 9.90. The maximum Gasteiger partial charge on any atom is 0.155 e. The van der Waals surface area contributed by atoms with E-state index in [0.29, 0.717) is 12.4 Å². The van der Waals surface area contributed by atoms with Crippen molar-refractivity contribution in [3.8, 4) is 5.75 Å². The Morgan fingerprint density at radius 2 is 1.89 bits per heavy atom. The molecule has 0 aliphatic carbocycles. The van der Waals surface area contributed by atoms with Crippen LogP contribution >= 0.6 is 15.9 Å². The van der Waals surface area contributed by atoms with Gasteiger partial charge in [-0.15, -0.1) is 0 Å². The van der Waals surface area contributed by atoms with Crippen molar-refractivity contribution in [2.45, 2.75) is 13.3 Å². The molecule has 140 valence electrons. The number of benzene rings is 2. The van der Waals surface area contributed by atoms with Crippen LogP contribution in [-0.2, 0) is 0 Å². The summed E-state index contributed by atoms with van der Waals surface area (Å²) >= 11 is 3.56. The van der Waals surface area contributed by atoms with Crippen LogP contribution in [0.1, 0.15) is 30.0 Å². The molecule has 1 N–H and O–H groups in total. The van der Waals surface area contributed by atoms with Gasteiger partial charge in [0, 0.05) is 33.6 Å². The number of amidine groups is 1. The monoisotopic (exact) mass is 434 g/mol. The van der Waals surface area contributed by atoms with Gasteiger partial charge in [0.25, 0.3) is 0 Å². The normalized spacial score (nSPS) is 12.9. The number of nitrogens with one attached hydrogen (secondary N) is 1. The van der Waals surface area contributed by atoms with Crippen LogP contribution in [0.15, 0.2) is 81.6 Å². The number of hydrogen-bond acceptors (Lipinski definition) is 5. The summed E-state index contributed by atoms with van der Waals surface area (Å²) in [6.07, 6.45) is 4.49. The zero-order valence-electron chi connectivity index (χ0n) is 15.4. The van der Waals surface area contributed by atoms with E-state index in [0.717, 1.165) is 44.7 Å². The second-order valence-electron chi connectivity index (χ2n) is 6.31. The van der Waals surface area contributed by atoms with Crippen molar-refractivity contribution in [3.63, 3.8) is 0 Å². The lowest BCUT2D eigenvalue weighted by molar-refractivity contribution is 0.317. The summed E-state index contributed by atoms with van der Waals surface area (Å²) in [7, 11) is 0. The topological polar surface area (TPSA) is 58.9 Å². The summed E-state index contributed by atoms with van der Waals surface area (Å²) < 4.78 is 6.67. The van der Waals surface area contributed by atoms with E-state index in [1.807, 2.05) is 54.6 Å². The maximum absolute atomic E-state index is 5.69. The summed E-state index contributed by atoms with van der Waals surface area (Å²) in [6, 6.07) is 17.8. The Bertz CT molecular complexity index is 1030. The Kier molecular flexibility index (Phi) is 5.48. The number of rotatable bonds is 5. The molecule has 0 spiro atoms. The van der Waals surface area contributed by atoms with Crippen LogP contribution < -0.4 is 10.2 Å². The average Bonchev–Trinajstić information content (AvgIpc) is 2.93. The molecule has 2 heterocycles. The highest BCUT2D eigenvalue weighted by Gasteiger charge is 2.18. The van der Waals surface area contributed by atoms with Gasteiger partial charge in [0.1, 0.15) is 11.5 Å². The maximum atomic E-state index is 5.69. The Morgan fingerprint density at radius 1 is 1.04 bits per heavy atom. The SMILES string of the molecule is CCCOc1ccc(C2=NNC(c3cccnc3)=Nc3ccc(Br)cc32)cc1. The molecule has 5 nitrogen and oxygen atoms in total. The molecule has 0 radical (unpaired) electrons. The van der Waals surface area contributed by atoms with E-state index in [1.165, 1.54) is 0 Å². The molecule has 1 aliphatic rings. The van der Waals surface area contributed by atoms with Crippen molar-refractivity contribution in [2.75, 3.05) is 6.61 Å². The molecule has 0 fully saturated rings. The van der Waals surface area contributed by atoms with Crippen molar-refractivity contribution in [2.24, 2.45) is 10.1 Å². The van der Waals surface area contributed by atoms with E-state index >= 15 is 0 Å². The molecule has 0 unspecified atom stereocenters. The van der Waals surface area contributed by atoms with Gasteiger partial charge in [-0.25, -0.2) is 4.99 Å². The molecular formula is C22H19BrN4O. The van der Waals surface area contributed by atoms with Crippen LogP contribution in [0.2, 0.25) is 0 Å². The highest BCUT2D eigenvalue weighted by atomic mass is 79.9. The van der Waals surface area contributed by atoms with Crippen LogP contribution in [0.4, 0.5) is 5.69 Å². The molecule has 2 aromatic carbocycles. The van der Waals surface area contributed by atoms with Crippen LogP contribution in [0.3, 0.4) is 0 Å². The first-order chi connectivity index (χ1) is 13.7. The lowest BCUT2D eigenvalue weighted by Gasteiger charge is -2.10. The number of fused-ring (bicyclic) bond motifs is 1. The van der Waals surface area contributed by atoms with Gasteiger partial charge in [0.05, 0.1) is 12.3 Å².